The predicted molar refractivity (Wildman–Crippen MR) is 136 cm³/mol. The fourth-order valence-electron chi connectivity index (χ4n) is 3.36. The minimum Gasteiger partial charge on any atom is -0.456 e. The Hall–Kier alpha value is -2.47. The Morgan fingerprint density at radius 1 is 1.09 bits per heavy atom. The van der Waals surface area contributed by atoms with Gasteiger partial charge in [-0.2, -0.15) is 0 Å². The van der Waals surface area contributed by atoms with Crippen molar-refractivity contribution in [2.24, 2.45) is 5.92 Å². The number of amides is 4. The Kier molecular flexibility index (Phi) is 11.7. The largest absolute Gasteiger partial charge is 0.456 e. The summed E-state index contributed by atoms with van der Waals surface area (Å²) < 4.78 is 5.58. The molecule has 12 heteroatoms. The minimum absolute atomic E-state index is 0.0419. The van der Waals surface area contributed by atoms with Crippen molar-refractivity contribution in [3.63, 3.8) is 0 Å². The van der Waals surface area contributed by atoms with Crippen molar-refractivity contribution in [2.45, 2.75) is 71.2 Å². The highest BCUT2D eigenvalue weighted by atomic mass is 33.1. The van der Waals surface area contributed by atoms with Crippen molar-refractivity contribution in [2.75, 3.05) is 11.5 Å². The molecule has 0 aromatic carbocycles. The molecule has 2 bridgehead atoms. The van der Waals surface area contributed by atoms with Crippen LogP contribution in [0.25, 0.3) is 0 Å². The first kappa shape index (κ1) is 28.8. The molecule has 0 aromatic rings. The standard InChI is InChI=1S/C23H34N4O6S2/c1-5-15-20(29)25-16(6-2)23(32)33-14-9-7-8-10-34-35-12-17(21(30)24-15)26-22(31)19(13(3)4)27-18(28)11-14/h5,7,9,13-14,16-17,19H,6,8,10-12H2,1-4H3,(H,24,30)(H,25,29)(H,26,31)(H,27,28)/b9-7+,15-5-. The van der Waals surface area contributed by atoms with Crippen molar-refractivity contribution in [3.05, 3.63) is 23.9 Å². The number of carbonyl (C=O) groups excluding carboxylic acids is 5. The summed E-state index contributed by atoms with van der Waals surface area (Å²) in [6.45, 7) is 6.86. The molecule has 4 amide bonds. The number of hydrogen-bond donors (Lipinski definition) is 4. The quantitative estimate of drug-likeness (QED) is 0.182. The number of esters is 1. The molecule has 0 saturated carbocycles. The van der Waals surface area contributed by atoms with Crippen LogP contribution >= 0.6 is 21.6 Å². The second kappa shape index (κ2) is 14.2. The van der Waals surface area contributed by atoms with E-state index in [0.29, 0.717) is 12.2 Å². The Balaban J connectivity index is 2.52. The van der Waals surface area contributed by atoms with Crippen LogP contribution in [0.5, 0.6) is 0 Å². The van der Waals surface area contributed by atoms with E-state index in [9.17, 15) is 24.0 Å². The summed E-state index contributed by atoms with van der Waals surface area (Å²) in [5.41, 5.74) is -0.0419. The lowest BCUT2D eigenvalue weighted by Crippen LogP contribution is -2.57. The lowest BCUT2D eigenvalue weighted by atomic mass is 10.0. The van der Waals surface area contributed by atoms with Crippen LogP contribution in [0.3, 0.4) is 0 Å². The summed E-state index contributed by atoms with van der Waals surface area (Å²) in [6, 6.07) is -2.82. The summed E-state index contributed by atoms with van der Waals surface area (Å²) in [5.74, 6) is -2.20. The van der Waals surface area contributed by atoms with Gasteiger partial charge in [0.2, 0.25) is 17.7 Å². The van der Waals surface area contributed by atoms with Crippen molar-refractivity contribution >= 4 is 51.2 Å². The minimum atomic E-state index is -0.970. The third-order valence-electron chi connectivity index (χ3n) is 5.38. The number of carbonyl (C=O) groups is 5. The number of rotatable bonds is 2. The van der Waals surface area contributed by atoms with Crippen LogP contribution in [0.4, 0.5) is 0 Å². The zero-order valence-corrected chi connectivity index (χ0v) is 22.1. The average Bonchev–Trinajstić information content (AvgIpc) is 2.81. The Morgan fingerprint density at radius 3 is 2.49 bits per heavy atom. The maximum absolute atomic E-state index is 13.1. The molecular formula is C23H34N4O6S2. The van der Waals surface area contributed by atoms with Crippen LogP contribution in [-0.2, 0) is 28.7 Å². The molecule has 4 atom stereocenters. The Bertz CT molecular complexity index is 876. The van der Waals surface area contributed by atoms with Gasteiger partial charge in [-0.25, -0.2) is 4.79 Å². The van der Waals surface area contributed by atoms with Crippen LogP contribution in [0.1, 0.15) is 47.0 Å². The van der Waals surface area contributed by atoms with Crippen molar-refractivity contribution < 1.29 is 28.7 Å². The normalized spacial score (nSPS) is 30.0. The van der Waals surface area contributed by atoms with E-state index in [2.05, 4.69) is 21.3 Å². The van der Waals surface area contributed by atoms with E-state index in [0.717, 1.165) is 0 Å². The Morgan fingerprint density at radius 2 is 1.83 bits per heavy atom. The summed E-state index contributed by atoms with van der Waals surface area (Å²) in [5, 5.41) is 10.6. The topological polar surface area (TPSA) is 143 Å². The number of hydrogen-bond acceptors (Lipinski definition) is 8. The van der Waals surface area contributed by atoms with Gasteiger partial charge in [0.05, 0.1) is 6.42 Å². The number of allylic oxidation sites excluding steroid dienone is 2. The van der Waals surface area contributed by atoms with Crippen LogP contribution in [0.2, 0.25) is 0 Å². The maximum Gasteiger partial charge on any atom is 0.329 e. The summed E-state index contributed by atoms with van der Waals surface area (Å²) in [7, 11) is 2.95. The second-order valence-corrected chi connectivity index (χ2v) is 11.1. The van der Waals surface area contributed by atoms with E-state index in [4.69, 9.17) is 4.74 Å². The molecule has 0 spiro atoms. The van der Waals surface area contributed by atoms with Gasteiger partial charge in [0.1, 0.15) is 29.9 Å². The van der Waals surface area contributed by atoms with Gasteiger partial charge in [-0.15, -0.1) is 0 Å². The van der Waals surface area contributed by atoms with Crippen LogP contribution in [0.15, 0.2) is 23.9 Å². The molecule has 1 fully saturated rings. The lowest BCUT2D eigenvalue weighted by Gasteiger charge is -2.27. The van der Waals surface area contributed by atoms with E-state index in [1.165, 1.54) is 27.7 Å². The number of ether oxygens (including phenoxy) is 1. The van der Waals surface area contributed by atoms with Crippen molar-refractivity contribution in [3.8, 4) is 0 Å². The predicted octanol–water partition coefficient (Wildman–Crippen LogP) is 1.18. The van der Waals surface area contributed by atoms with Crippen molar-refractivity contribution in [1.29, 1.82) is 0 Å². The van der Waals surface area contributed by atoms with Gasteiger partial charge in [0, 0.05) is 11.5 Å². The molecule has 10 nitrogen and oxygen atoms in total. The summed E-state index contributed by atoms with van der Waals surface area (Å²) >= 11 is 0. The lowest BCUT2D eigenvalue weighted by molar-refractivity contribution is -0.152. The van der Waals surface area contributed by atoms with Gasteiger partial charge < -0.3 is 26.0 Å². The highest BCUT2D eigenvalue weighted by Gasteiger charge is 2.32. The zero-order chi connectivity index (χ0) is 26.0. The van der Waals surface area contributed by atoms with Crippen LogP contribution < -0.4 is 21.3 Å². The first-order valence-electron chi connectivity index (χ1n) is 11.7. The molecule has 1 saturated heterocycles. The summed E-state index contributed by atoms with van der Waals surface area (Å²) in [6.07, 6.45) is 4.77. The van der Waals surface area contributed by atoms with E-state index >= 15 is 0 Å². The van der Waals surface area contributed by atoms with E-state index in [1.54, 1.807) is 33.8 Å². The summed E-state index contributed by atoms with van der Waals surface area (Å²) in [4.78, 5) is 64.7. The third kappa shape index (κ3) is 8.92. The molecule has 0 aromatic heterocycles. The monoisotopic (exact) mass is 526 g/mol. The zero-order valence-electron chi connectivity index (χ0n) is 20.4. The fraction of sp³-hybridized carbons (Fsp3) is 0.609. The molecule has 2 rings (SSSR count). The van der Waals surface area contributed by atoms with Crippen LogP contribution in [-0.4, -0.2) is 65.3 Å². The molecule has 2 aliphatic heterocycles. The number of fused-ring (bicyclic) bond motifs is 7. The molecule has 4 N–H and O–H groups in total. The smallest absolute Gasteiger partial charge is 0.329 e. The van der Waals surface area contributed by atoms with E-state index in [-0.39, 0.29) is 30.2 Å². The molecular weight excluding hydrogens is 492 g/mol. The van der Waals surface area contributed by atoms with Gasteiger partial charge in [-0.05, 0) is 31.8 Å². The molecule has 2 aliphatic rings. The van der Waals surface area contributed by atoms with Gasteiger partial charge in [-0.1, -0.05) is 54.5 Å². The molecule has 0 aliphatic carbocycles. The number of nitrogens with one attached hydrogen (secondary N) is 4. The fourth-order valence-corrected chi connectivity index (χ4v) is 5.51. The second-order valence-electron chi connectivity index (χ2n) is 8.48. The molecule has 194 valence electrons. The molecule has 2 heterocycles. The molecule has 0 radical (unpaired) electrons. The first-order valence-corrected chi connectivity index (χ1v) is 14.1. The SMILES string of the molecule is C/C=C1\NC(=O)C2CSSCC/C=C/C(CC(=O)NC(C(C)C)C(=O)N2)OC(=O)C(CC)NC1=O. The highest BCUT2D eigenvalue weighted by molar-refractivity contribution is 8.76. The van der Waals surface area contributed by atoms with E-state index < -0.39 is 53.8 Å². The highest BCUT2D eigenvalue weighted by Crippen LogP contribution is 2.24. The van der Waals surface area contributed by atoms with Gasteiger partial charge >= 0.3 is 5.97 Å². The Labute approximate surface area is 213 Å². The van der Waals surface area contributed by atoms with E-state index in [1.807, 2.05) is 6.08 Å². The maximum atomic E-state index is 13.1. The third-order valence-corrected chi connectivity index (χ3v) is 7.83. The van der Waals surface area contributed by atoms with Crippen LogP contribution in [0, 0.1) is 5.92 Å². The molecule has 4 unspecified atom stereocenters. The average molecular weight is 527 g/mol. The van der Waals surface area contributed by atoms with Gasteiger partial charge in [0.15, 0.2) is 0 Å². The van der Waals surface area contributed by atoms with Gasteiger partial charge in [-0.3, -0.25) is 19.2 Å². The molecule has 35 heavy (non-hydrogen) atoms. The first-order chi connectivity index (χ1) is 16.7. The van der Waals surface area contributed by atoms with Gasteiger partial charge in [0.25, 0.3) is 5.91 Å². The van der Waals surface area contributed by atoms with Crippen molar-refractivity contribution in [1.82, 2.24) is 21.3 Å².